The molecule has 4 heteroatoms. The number of aromatic amines is 1. The van der Waals surface area contributed by atoms with Gasteiger partial charge in [-0.1, -0.05) is 0 Å². The molecule has 0 atom stereocenters. The molecule has 3 nitrogen and oxygen atoms in total. The Labute approximate surface area is 50.2 Å². The van der Waals surface area contributed by atoms with E-state index in [1.165, 1.54) is 6.26 Å². The van der Waals surface area contributed by atoms with Crippen molar-refractivity contribution in [2.75, 3.05) is 0 Å². The normalized spacial score (nSPS) is 9.62. The molecule has 1 aromatic rings. The molecule has 0 unspecified atom stereocenters. The second-order valence-electron chi connectivity index (χ2n) is 1.33. The molecule has 1 aromatic heterocycles. The monoisotopic (exact) mass is 133 g/mol. The molecule has 44 valence electrons. The van der Waals surface area contributed by atoms with Crippen LogP contribution in [0.15, 0.2) is 15.6 Å². The molecule has 0 aromatic carbocycles. The maximum atomic E-state index is 10.4. The number of rotatable bonds is 1. The van der Waals surface area contributed by atoms with Crippen molar-refractivity contribution in [1.82, 2.24) is 5.16 Å². The first-order chi connectivity index (χ1) is 3.84. The van der Waals surface area contributed by atoms with E-state index in [1.54, 1.807) is 0 Å². The van der Waals surface area contributed by atoms with Gasteiger partial charge in [-0.15, -0.1) is 11.6 Å². The first-order valence-corrected chi connectivity index (χ1v) is 2.59. The standard InChI is InChI=1S/C4H4ClNO2/c5-1-3-2-8-6-4(3)7/h2H,1H2,(H,6,7). The quantitative estimate of drug-likeness (QED) is 0.574. The van der Waals surface area contributed by atoms with E-state index in [0.717, 1.165) is 0 Å². The smallest absolute Gasteiger partial charge is 0.284 e. The summed E-state index contributed by atoms with van der Waals surface area (Å²) in [4.78, 5) is 10.4. The van der Waals surface area contributed by atoms with Crippen molar-refractivity contribution in [3.63, 3.8) is 0 Å². The predicted octanol–water partition coefficient (Wildman–Crippen LogP) is 0.707. The lowest BCUT2D eigenvalue weighted by Gasteiger charge is -1.72. The van der Waals surface area contributed by atoms with E-state index in [2.05, 4.69) is 9.68 Å². The molecule has 0 radical (unpaired) electrons. The van der Waals surface area contributed by atoms with Crippen LogP contribution < -0.4 is 5.56 Å². The number of halogens is 1. The topological polar surface area (TPSA) is 46.0 Å². The summed E-state index contributed by atoms with van der Waals surface area (Å²) in [5.74, 6) is 0.200. The Morgan fingerprint density at radius 2 is 2.62 bits per heavy atom. The Kier molecular flexibility index (Phi) is 1.39. The van der Waals surface area contributed by atoms with Gasteiger partial charge in [-0.05, 0) is 0 Å². The predicted molar refractivity (Wildman–Crippen MR) is 28.9 cm³/mol. The molecule has 0 bridgehead atoms. The van der Waals surface area contributed by atoms with E-state index >= 15 is 0 Å². The van der Waals surface area contributed by atoms with Crippen molar-refractivity contribution < 1.29 is 4.52 Å². The van der Waals surface area contributed by atoms with Gasteiger partial charge >= 0.3 is 0 Å². The first-order valence-electron chi connectivity index (χ1n) is 2.05. The zero-order valence-corrected chi connectivity index (χ0v) is 4.73. The van der Waals surface area contributed by atoms with E-state index in [4.69, 9.17) is 11.6 Å². The highest BCUT2D eigenvalue weighted by molar-refractivity contribution is 6.16. The molecular weight excluding hydrogens is 130 g/mol. The Morgan fingerprint density at radius 1 is 1.88 bits per heavy atom. The summed E-state index contributed by atoms with van der Waals surface area (Å²) in [5.41, 5.74) is 0.215. The number of H-pyrrole nitrogens is 1. The van der Waals surface area contributed by atoms with Crippen LogP contribution in [0.4, 0.5) is 0 Å². The Bertz CT molecular complexity index is 214. The van der Waals surface area contributed by atoms with Crippen molar-refractivity contribution in [2.24, 2.45) is 0 Å². The van der Waals surface area contributed by atoms with E-state index < -0.39 is 0 Å². The van der Waals surface area contributed by atoms with Crippen molar-refractivity contribution in [3.05, 3.63) is 22.2 Å². The molecule has 0 amide bonds. The Balaban J connectivity index is 3.11. The highest BCUT2D eigenvalue weighted by Crippen LogP contribution is 1.92. The molecule has 0 fully saturated rings. The molecule has 0 saturated carbocycles. The van der Waals surface area contributed by atoms with Crippen molar-refractivity contribution in [2.45, 2.75) is 5.88 Å². The van der Waals surface area contributed by atoms with E-state index in [9.17, 15) is 4.79 Å². The summed E-state index contributed by atoms with van der Waals surface area (Å²) in [5, 5.41) is 2.10. The van der Waals surface area contributed by atoms with E-state index in [1.807, 2.05) is 0 Å². The third kappa shape index (κ3) is 0.767. The zero-order valence-electron chi connectivity index (χ0n) is 3.98. The first kappa shape index (κ1) is 5.44. The maximum Gasteiger partial charge on any atom is 0.284 e. The van der Waals surface area contributed by atoms with Crippen LogP contribution in [0.1, 0.15) is 5.56 Å². The van der Waals surface area contributed by atoms with Crippen LogP contribution in [-0.2, 0) is 5.88 Å². The SMILES string of the molecule is O=c1[nH]occ1CCl. The fraction of sp³-hybridized carbons (Fsp3) is 0.250. The van der Waals surface area contributed by atoms with Gasteiger partial charge in [-0.25, -0.2) is 0 Å². The molecule has 1 N–H and O–H groups in total. The highest BCUT2D eigenvalue weighted by atomic mass is 35.5. The molecule has 0 aliphatic heterocycles. The lowest BCUT2D eigenvalue weighted by Crippen LogP contribution is -2.01. The van der Waals surface area contributed by atoms with Crippen LogP contribution in [0.25, 0.3) is 0 Å². The van der Waals surface area contributed by atoms with Gasteiger partial charge in [0.25, 0.3) is 5.56 Å². The lowest BCUT2D eigenvalue weighted by molar-refractivity contribution is 0.413. The van der Waals surface area contributed by atoms with Gasteiger partial charge in [0, 0.05) is 0 Å². The largest absolute Gasteiger partial charge is 0.387 e. The van der Waals surface area contributed by atoms with Crippen LogP contribution in [0.5, 0.6) is 0 Å². The Morgan fingerprint density at radius 3 is 2.88 bits per heavy atom. The van der Waals surface area contributed by atoms with Crippen molar-refractivity contribution in [3.8, 4) is 0 Å². The summed E-state index contributed by atoms with van der Waals surface area (Å²) in [6.07, 6.45) is 1.30. The lowest BCUT2D eigenvalue weighted by atomic mass is 10.4. The van der Waals surface area contributed by atoms with Crippen LogP contribution in [0.2, 0.25) is 0 Å². The maximum absolute atomic E-state index is 10.4. The number of hydrogen-bond acceptors (Lipinski definition) is 2. The fourth-order valence-electron chi connectivity index (χ4n) is 0.365. The summed E-state index contributed by atoms with van der Waals surface area (Å²) < 4.78 is 4.41. The summed E-state index contributed by atoms with van der Waals surface area (Å²) in [7, 11) is 0. The number of nitrogens with one attached hydrogen (secondary N) is 1. The molecular formula is C4H4ClNO2. The van der Waals surface area contributed by atoms with Crippen molar-refractivity contribution >= 4 is 11.6 Å². The Hall–Kier alpha value is -0.700. The molecule has 1 heterocycles. The van der Waals surface area contributed by atoms with E-state index in [-0.39, 0.29) is 11.4 Å². The van der Waals surface area contributed by atoms with Crippen LogP contribution >= 0.6 is 11.6 Å². The fourth-order valence-corrected chi connectivity index (χ4v) is 0.550. The minimum absolute atomic E-state index is 0.200. The van der Waals surface area contributed by atoms with Gasteiger partial charge in [0.05, 0.1) is 11.4 Å². The van der Waals surface area contributed by atoms with Crippen molar-refractivity contribution in [1.29, 1.82) is 0 Å². The second kappa shape index (κ2) is 2.05. The van der Waals surface area contributed by atoms with Gasteiger partial charge in [0.15, 0.2) is 0 Å². The third-order valence-corrected chi connectivity index (χ3v) is 1.08. The summed E-state index contributed by atoms with van der Waals surface area (Å²) >= 11 is 5.29. The molecule has 0 spiro atoms. The number of aromatic nitrogens is 1. The zero-order chi connectivity index (χ0) is 5.98. The molecule has 0 aliphatic rings. The minimum Gasteiger partial charge on any atom is -0.387 e. The average Bonchev–Trinajstić information content (AvgIpc) is 2.14. The minimum atomic E-state index is -0.250. The number of hydrogen-bond donors (Lipinski definition) is 1. The van der Waals surface area contributed by atoms with Crippen LogP contribution in [0, 0.1) is 0 Å². The van der Waals surface area contributed by atoms with Crippen LogP contribution in [-0.4, -0.2) is 5.16 Å². The number of alkyl halides is 1. The van der Waals surface area contributed by atoms with Gasteiger partial charge < -0.3 is 4.52 Å². The molecule has 8 heavy (non-hydrogen) atoms. The summed E-state index contributed by atoms with van der Waals surface area (Å²) in [6, 6.07) is 0. The average molecular weight is 134 g/mol. The van der Waals surface area contributed by atoms with Gasteiger partial charge in [-0.2, -0.15) is 5.16 Å². The molecule has 0 aliphatic carbocycles. The summed E-state index contributed by atoms with van der Waals surface area (Å²) in [6.45, 7) is 0. The molecule has 1 rings (SSSR count). The van der Waals surface area contributed by atoms with E-state index in [0.29, 0.717) is 5.56 Å². The van der Waals surface area contributed by atoms with Gasteiger partial charge in [0.1, 0.15) is 6.26 Å². The van der Waals surface area contributed by atoms with Crippen LogP contribution in [0.3, 0.4) is 0 Å². The van der Waals surface area contributed by atoms with Gasteiger partial charge in [0.2, 0.25) is 0 Å². The second-order valence-corrected chi connectivity index (χ2v) is 1.59. The van der Waals surface area contributed by atoms with Gasteiger partial charge in [-0.3, -0.25) is 4.79 Å². The third-order valence-electron chi connectivity index (χ3n) is 0.788. The molecule has 0 saturated heterocycles. The highest BCUT2D eigenvalue weighted by Gasteiger charge is 1.96.